The molecule has 0 radical (unpaired) electrons. The summed E-state index contributed by atoms with van der Waals surface area (Å²) >= 11 is 0. The summed E-state index contributed by atoms with van der Waals surface area (Å²) < 4.78 is 5.30. The van der Waals surface area contributed by atoms with Crippen LogP contribution in [0.2, 0.25) is 0 Å². The Bertz CT molecular complexity index is 1950. The Kier molecular flexibility index (Phi) is 17.3. The van der Waals surface area contributed by atoms with Crippen molar-refractivity contribution >= 4 is 40.8 Å². The molecule has 14 nitrogen and oxygen atoms in total. The lowest BCUT2D eigenvalue weighted by atomic mass is 9.94. The van der Waals surface area contributed by atoms with Gasteiger partial charge in [0.05, 0.1) is 6.54 Å². The molecule has 322 valence electrons. The van der Waals surface area contributed by atoms with Crippen LogP contribution in [0.1, 0.15) is 125 Å². The molecular formula is C46H64N10O4. The number of aromatic nitrogens is 4. The lowest BCUT2D eigenvalue weighted by molar-refractivity contribution is -0.153. The van der Waals surface area contributed by atoms with Crippen LogP contribution in [0.4, 0.5) is 23.0 Å². The van der Waals surface area contributed by atoms with Crippen molar-refractivity contribution in [3.05, 3.63) is 95.8 Å². The molecule has 4 aromatic rings. The lowest BCUT2D eigenvalue weighted by Gasteiger charge is -2.35. The van der Waals surface area contributed by atoms with Gasteiger partial charge in [-0.05, 0) is 101 Å². The zero-order valence-corrected chi connectivity index (χ0v) is 36.1. The van der Waals surface area contributed by atoms with Crippen molar-refractivity contribution in [2.24, 2.45) is 11.7 Å². The van der Waals surface area contributed by atoms with Crippen LogP contribution in [0.15, 0.2) is 73.3 Å². The molecule has 0 bridgehead atoms. The molecule has 2 saturated carbocycles. The monoisotopic (exact) mass is 821 g/mol. The Morgan fingerprint density at radius 2 is 1.27 bits per heavy atom. The number of esters is 1. The van der Waals surface area contributed by atoms with E-state index < -0.39 is 5.60 Å². The van der Waals surface area contributed by atoms with Crippen molar-refractivity contribution in [1.29, 1.82) is 0 Å². The van der Waals surface area contributed by atoms with Gasteiger partial charge in [-0.3, -0.25) is 14.4 Å². The van der Waals surface area contributed by atoms with Gasteiger partial charge < -0.3 is 36.2 Å². The normalized spacial score (nSPS) is 14.0. The van der Waals surface area contributed by atoms with Gasteiger partial charge in [0, 0.05) is 62.3 Å². The number of rotatable bonds is 18. The van der Waals surface area contributed by atoms with Crippen molar-refractivity contribution < 1.29 is 19.1 Å². The van der Waals surface area contributed by atoms with Crippen molar-refractivity contribution in [1.82, 2.24) is 25.3 Å². The molecule has 2 aliphatic carbocycles. The van der Waals surface area contributed by atoms with E-state index in [9.17, 15) is 14.4 Å². The van der Waals surface area contributed by atoms with E-state index in [2.05, 4.69) is 59.5 Å². The number of nitrogens with one attached hydrogen (secondary N) is 3. The largest absolute Gasteiger partial charge is 0.459 e. The molecule has 0 spiro atoms. The highest BCUT2D eigenvalue weighted by atomic mass is 16.6. The van der Waals surface area contributed by atoms with Gasteiger partial charge in [0.1, 0.15) is 41.3 Å². The summed E-state index contributed by atoms with van der Waals surface area (Å²) in [6.45, 7) is 13.8. The maximum Gasteiger partial charge on any atom is 0.320 e. The molecule has 0 unspecified atom stereocenters. The Balaban J connectivity index is 0.000000247. The molecule has 14 heteroatoms. The fraction of sp³-hybridized carbons (Fsp3) is 0.500. The predicted octanol–water partition coefficient (Wildman–Crippen LogP) is 7.52. The van der Waals surface area contributed by atoms with Gasteiger partial charge in [0.15, 0.2) is 0 Å². The summed E-state index contributed by atoms with van der Waals surface area (Å²) in [5.41, 5.74) is 9.26. The number of hydrogen-bond acceptors (Lipinski definition) is 12. The number of nitrogens with zero attached hydrogens (tertiary/aromatic N) is 6. The number of carbonyl (C=O) groups is 3. The van der Waals surface area contributed by atoms with E-state index in [1.54, 1.807) is 6.07 Å². The molecule has 2 fully saturated rings. The van der Waals surface area contributed by atoms with E-state index >= 15 is 0 Å². The van der Waals surface area contributed by atoms with Crippen LogP contribution >= 0.6 is 0 Å². The summed E-state index contributed by atoms with van der Waals surface area (Å²) in [6, 6.07) is 19.1. The van der Waals surface area contributed by atoms with Crippen molar-refractivity contribution in [3.8, 4) is 0 Å². The Labute approximate surface area is 355 Å². The van der Waals surface area contributed by atoms with E-state index in [0.717, 1.165) is 66.8 Å². The predicted molar refractivity (Wildman–Crippen MR) is 238 cm³/mol. The van der Waals surface area contributed by atoms with Crippen LogP contribution in [0.25, 0.3) is 0 Å². The molecule has 2 amide bonds. The molecule has 5 N–H and O–H groups in total. The van der Waals surface area contributed by atoms with Gasteiger partial charge in [-0.25, -0.2) is 19.9 Å². The Morgan fingerprint density at radius 1 is 0.733 bits per heavy atom. The average molecular weight is 821 g/mol. The van der Waals surface area contributed by atoms with Gasteiger partial charge >= 0.3 is 5.97 Å². The van der Waals surface area contributed by atoms with Crippen LogP contribution < -0.4 is 31.5 Å². The van der Waals surface area contributed by atoms with Crippen molar-refractivity contribution in [3.63, 3.8) is 0 Å². The lowest BCUT2D eigenvalue weighted by Crippen LogP contribution is -2.39. The quantitative estimate of drug-likeness (QED) is 0.0727. The highest BCUT2D eigenvalue weighted by molar-refractivity contribution is 6.03. The van der Waals surface area contributed by atoms with E-state index in [0.29, 0.717) is 36.2 Å². The molecular weight excluding hydrogens is 757 g/mol. The first-order valence-electron chi connectivity index (χ1n) is 21.5. The minimum atomic E-state index is -0.492. The summed E-state index contributed by atoms with van der Waals surface area (Å²) in [5, 5.41) is 8.88. The van der Waals surface area contributed by atoms with Gasteiger partial charge in [-0.15, -0.1) is 0 Å². The van der Waals surface area contributed by atoms with Crippen LogP contribution in [0.5, 0.6) is 0 Å². The topological polar surface area (TPSA) is 181 Å². The van der Waals surface area contributed by atoms with E-state index in [1.807, 2.05) is 75.4 Å². The van der Waals surface area contributed by atoms with E-state index in [4.69, 9.17) is 10.5 Å². The highest BCUT2D eigenvalue weighted by Gasteiger charge is 2.30. The first-order chi connectivity index (χ1) is 28.9. The molecule has 0 atom stereocenters. The molecule has 6 rings (SSSR count). The standard InChI is InChI=1S/C28H39N5O3.C18H25N5O/c1-28(2,3)36-26(34)17-29-16-20-11-13-22(14-12-20)32-27(35)24-15-25(31-19-30-24)33(18-21-9-10-21)23-7-5-4-6-8-23;1-3-9-23(10-4-2)17-11-16(20-13-21-17)18(24)22-15-7-5-14(12-19)6-8-15/h11-15,19,21,23,29H,4-10,16-18H2,1-3H3,(H,32,35);5-8,11,13H,3-4,9-10,12,19H2,1-2H3,(H,22,24). The van der Waals surface area contributed by atoms with Gasteiger partial charge in [-0.2, -0.15) is 0 Å². The van der Waals surface area contributed by atoms with Crippen LogP contribution in [-0.2, 0) is 22.6 Å². The zero-order chi connectivity index (χ0) is 42.9. The number of benzene rings is 2. The van der Waals surface area contributed by atoms with E-state index in [-0.39, 0.29) is 24.3 Å². The zero-order valence-electron chi connectivity index (χ0n) is 36.1. The minimum absolute atomic E-state index is 0.143. The maximum atomic E-state index is 13.0. The van der Waals surface area contributed by atoms with E-state index in [1.165, 1.54) is 57.6 Å². The third-order valence-corrected chi connectivity index (χ3v) is 10.2. The summed E-state index contributed by atoms with van der Waals surface area (Å²) in [7, 11) is 0. The first-order valence-corrected chi connectivity index (χ1v) is 21.5. The number of amides is 2. The second kappa shape index (κ2) is 22.8. The molecule has 0 saturated heterocycles. The summed E-state index contributed by atoms with van der Waals surface area (Å²) in [5.74, 6) is 1.63. The minimum Gasteiger partial charge on any atom is -0.459 e. The fourth-order valence-electron chi connectivity index (χ4n) is 7.06. The SMILES string of the molecule is CC(C)(C)OC(=O)CNCc1ccc(NC(=O)c2cc(N(CC3CC3)C3CCCCC3)ncn2)cc1.CCCN(CCC)c1cc(C(=O)Nc2ccc(CN)cc2)ncn1. The van der Waals surface area contributed by atoms with Crippen LogP contribution in [0, 0.1) is 5.92 Å². The highest BCUT2D eigenvalue weighted by Crippen LogP contribution is 2.34. The molecule has 2 aromatic carbocycles. The van der Waals surface area contributed by atoms with Gasteiger partial charge in [0.25, 0.3) is 11.8 Å². The maximum absolute atomic E-state index is 13.0. The molecule has 2 aliphatic rings. The molecule has 2 heterocycles. The number of anilines is 4. The number of ether oxygens (including phenoxy) is 1. The Morgan fingerprint density at radius 3 is 1.78 bits per heavy atom. The van der Waals surface area contributed by atoms with Crippen molar-refractivity contribution in [2.45, 2.75) is 117 Å². The number of hydrogen-bond donors (Lipinski definition) is 4. The molecule has 60 heavy (non-hydrogen) atoms. The third-order valence-electron chi connectivity index (χ3n) is 10.2. The second-order valence-corrected chi connectivity index (χ2v) is 16.6. The first kappa shape index (κ1) is 45.6. The number of carbonyl (C=O) groups excluding carboxylic acids is 3. The third kappa shape index (κ3) is 15.0. The molecule has 0 aliphatic heterocycles. The van der Waals surface area contributed by atoms with Crippen LogP contribution in [0.3, 0.4) is 0 Å². The number of nitrogens with two attached hydrogens (primary N) is 1. The summed E-state index contributed by atoms with van der Waals surface area (Å²) in [6.07, 6.45) is 13.8. The van der Waals surface area contributed by atoms with Crippen LogP contribution in [-0.4, -0.2) is 75.5 Å². The summed E-state index contributed by atoms with van der Waals surface area (Å²) in [4.78, 5) is 59.0. The smallest absolute Gasteiger partial charge is 0.320 e. The Hall–Kier alpha value is -5.47. The van der Waals surface area contributed by atoms with Gasteiger partial charge in [-0.1, -0.05) is 57.4 Å². The average Bonchev–Trinajstić information content (AvgIpc) is 4.08. The van der Waals surface area contributed by atoms with Crippen molar-refractivity contribution in [2.75, 3.05) is 46.6 Å². The van der Waals surface area contributed by atoms with Gasteiger partial charge in [0.2, 0.25) is 0 Å². The fourth-order valence-corrected chi connectivity index (χ4v) is 7.06. The molecule has 2 aromatic heterocycles. The second-order valence-electron chi connectivity index (χ2n) is 16.6.